The Labute approximate surface area is 131 Å². The number of rotatable bonds is 3. The molecule has 2 rings (SSSR count). The zero-order valence-corrected chi connectivity index (χ0v) is 13.2. The van der Waals surface area contributed by atoms with E-state index in [0.717, 1.165) is 26.2 Å². The van der Waals surface area contributed by atoms with Crippen LogP contribution in [0.3, 0.4) is 0 Å². The van der Waals surface area contributed by atoms with Crippen molar-refractivity contribution in [1.82, 2.24) is 15.3 Å². The Balaban J connectivity index is 1.98. The summed E-state index contributed by atoms with van der Waals surface area (Å²) in [5.41, 5.74) is 3.02. The first-order chi connectivity index (χ1) is 9.95. The topological polar surface area (TPSA) is 84.9 Å². The summed E-state index contributed by atoms with van der Waals surface area (Å²) >= 11 is 3.21. The van der Waals surface area contributed by atoms with Crippen molar-refractivity contribution < 1.29 is 14.7 Å². The van der Waals surface area contributed by atoms with Crippen LogP contribution in [0.2, 0.25) is 0 Å². The SMILES string of the molecule is CN1CCN(NC(=O)Nc2ccc(Br)cc2C(=O)O)CC1. The van der Waals surface area contributed by atoms with E-state index in [1.807, 2.05) is 12.1 Å². The van der Waals surface area contributed by atoms with Gasteiger partial charge < -0.3 is 15.3 Å². The first-order valence-corrected chi connectivity index (χ1v) is 7.29. The maximum absolute atomic E-state index is 11.9. The number of nitrogens with one attached hydrogen (secondary N) is 2. The molecule has 0 aliphatic carbocycles. The molecule has 1 aromatic rings. The number of carboxylic acid groups (broad SMARTS) is 1. The molecule has 0 saturated carbocycles. The zero-order valence-electron chi connectivity index (χ0n) is 11.6. The van der Waals surface area contributed by atoms with Gasteiger partial charge in [0.25, 0.3) is 0 Å². The number of piperazine rings is 1. The average Bonchev–Trinajstić information content (AvgIpc) is 2.43. The van der Waals surface area contributed by atoms with Crippen LogP contribution in [0.1, 0.15) is 10.4 Å². The van der Waals surface area contributed by atoms with Crippen LogP contribution in [0.15, 0.2) is 22.7 Å². The number of nitrogens with zero attached hydrogens (tertiary/aromatic N) is 2. The van der Waals surface area contributed by atoms with Gasteiger partial charge in [0.2, 0.25) is 0 Å². The first-order valence-electron chi connectivity index (χ1n) is 6.49. The number of benzene rings is 1. The summed E-state index contributed by atoms with van der Waals surface area (Å²) in [6.45, 7) is 3.21. The van der Waals surface area contributed by atoms with Crippen LogP contribution in [0.4, 0.5) is 10.5 Å². The molecule has 8 heteroatoms. The maximum Gasteiger partial charge on any atom is 0.337 e. The molecule has 1 aliphatic rings. The summed E-state index contributed by atoms with van der Waals surface area (Å²) in [4.78, 5) is 25.3. The van der Waals surface area contributed by atoms with Gasteiger partial charge in [0.15, 0.2) is 0 Å². The van der Waals surface area contributed by atoms with Crippen molar-refractivity contribution in [2.24, 2.45) is 0 Å². The fourth-order valence-corrected chi connectivity index (χ4v) is 2.38. The molecule has 0 radical (unpaired) electrons. The highest BCUT2D eigenvalue weighted by Gasteiger charge is 2.17. The molecule has 21 heavy (non-hydrogen) atoms. The van der Waals surface area contributed by atoms with Crippen LogP contribution in [0.25, 0.3) is 0 Å². The normalized spacial score (nSPS) is 16.5. The molecule has 2 amide bonds. The number of hydrazine groups is 1. The van der Waals surface area contributed by atoms with E-state index in [4.69, 9.17) is 5.11 Å². The Morgan fingerprint density at radius 1 is 1.24 bits per heavy atom. The third kappa shape index (κ3) is 4.42. The number of carboxylic acids is 1. The summed E-state index contributed by atoms with van der Waals surface area (Å²) < 4.78 is 0.643. The van der Waals surface area contributed by atoms with Gasteiger partial charge in [0.1, 0.15) is 0 Å². The molecule has 1 saturated heterocycles. The van der Waals surface area contributed by atoms with Crippen LogP contribution in [0.5, 0.6) is 0 Å². The third-order valence-electron chi connectivity index (χ3n) is 3.22. The minimum Gasteiger partial charge on any atom is -0.478 e. The quantitative estimate of drug-likeness (QED) is 0.762. The monoisotopic (exact) mass is 356 g/mol. The van der Waals surface area contributed by atoms with Crippen LogP contribution in [0, 0.1) is 0 Å². The van der Waals surface area contributed by atoms with Gasteiger partial charge >= 0.3 is 12.0 Å². The van der Waals surface area contributed by atoms with Crippen LogP contribution in [-0.2, 0) is 0 Å². The number of carbonyl (C=O) groups is 2. The number of anilines is 1. The lowest BCUT2D eigenvalue weighted by atomic mass is 10.2. The van der Waals surface area contributed by atoms with Crippen LogP contribution >= 0.6 is 15.9 Å². The van der Waals surface area contributed by atoms with E-state index >= 15 is 0 Å². The lowest BCUT2D eigenvalue weighted by Crippen LogP contribution is -2.53. The molecule has 114 valence electrons. The number of carbonyl (C=O) groups excluding carboxylic acids is 1. The lowest BCUT2D eigenvalue weighted by molar-refractivity contribution is 0.0698. The Hall–Kier alpha value is -1.64. The molecular weight excluding hydrogens is 340 g/mol. The van der Waals surface area contributed by atoms with E-state index in [0.29, 0.717) is 4.47 Å². The molecule has 1 fully saturated rings. The van der Waals surface area contributed by atoms with Crippen molar-refractivity contribution in [1.29, 1.82) is 0 Å². The van der Waals surface area contributed by atoms with E-state index in [9.17, 15) is 9.59 Å². The summed E-state index contributed by atoms with van der Waals surface area (Å²) in [6.07, 6.45) is 0. The maximum atomic E-state index is 11.9. The number of amides is 2. The van der Waals surface area contributed by atoms with Gasteiger partial charge in [0, 0.05) is 30.7 Å². The Morgan fingerprint density at radius 2 is 1.90 bits per heavy atom. The van der Waals surface area contributed by atoms with E-state index in [1.54, 1.807) is 12.1 Å². The minimum absolute atomic E-state index is 0.0397. The molecular formula is C13H17BrN4O3. The first kappa shape index (κ1) is 15.7. The highest BCUT2D eigenvalue weighted by molar-refractivity contribution is 9.10. The van der Waals surface area contributed by atoms with Gasteiger partial charge in [-0.15, -0.1) is 0 Å². The Morgan fingerprint density at radius 3 is 2.52 bits per heavy atom. The van der Waals surface area contributed by atoms with Gasteiger partial charge in [-0.25, -0.2) is 14.6 Å². The largest absolute Gasteiger partial charge is 0.478 e. The van der Waals surface area contributed by atoms with E-state index in [-0.39, 0.29) is 11.3 Å². The van der Waals surface area contributed by atoms with E-state index in [1.165, 1.54) is 6.07 Å². The summed E-state index contributed by atoms with van der Waals surface area (Å²) in [7, 11) is 2.03. The second kappa shape index (κ2) is 6.88. The molecule has 7 nitrogen and oxygen atoms in total. The summed E-state index contributed by atoms with van der Waals surface area (Å²) in [5.74, 6) is -1.09. The highest BCUT2D eigenvalue weighted by Crippen LogP contribution is 2.21. The second-order valence-electron chi connectivity index (χ2n) is 4.85. The number of hydrogen-bond donors (Lipinski definition) is 3. The van der Waals surface area contributed by atoms with Crippen molar-refractivity contribution in [3.8, 4) is 0 Å². The third-order valence-corrected chi connectivity index (χ3v) is 3.72. The zero-order chi connectivity index (χ0) is 15.4. The van der Waals surface area contributed by atoms with Crippen molar-refractivity contribution in [3.63, 3.8) is 0 Å². The fourth-order valence-electron chi connectivity index (χ4n) is 2.01. The molecule has 0 bridgehead atoms. The molecule has 3 N–H and O–H groups in total. The van der Waals surface area contributed by atoms with E-state index in [2.05, 4.69) is 31.6 Å². The number of hydrogen-bond acceptors (Lipinski definition) is 4. The number of halogens is 1. The molecule has 1 heterocycles. The number of urea groups is 1. The molecule has 0 aromatic heterocycles. The standard InChI is InChI=1S/C13H17BrN4O3/c1-17-4-6-18(7-5-17)16-13(21)15-11-3-2-9(14)8-10(11)12(19)20/h2-3,8H,4-7H2,1H3,(H,19,20)(H2,15,16,21). The van der Waals surface area contributed by atoms with Gasteiger partial charge in [-0.1, -0.05) is 15.9 Å². The van der Waals surface area contributed by atoms with Crippen LogP contribution in [-0.4, -0.2) is 60.2 Å². The molecule has 0 atom stereocenters. The van der Waals surface area contributed by atoms with Gasteiger partial charge in [-0.05, 0) is 25.2 Å². The van der Waals surface area contributed by atoms with Crippen molar-refractivity contribution in [2.75, 3.05) is 38.5 Å². The Bertz CT molecular complexity index is 544. The highest BCUT2D eigenvalue weighted by atomic mass is 79.9. The van der Waals surface area contributed by atoms with Gasteiger partial charge in [-0.2, -0.15) is 0 Å². The average molecular weight is 357 g/mol. The number of aromatic carboxylic acids is 1. The Kier molecular flexibility index (Phi) is 5.16. The molecule has 1 aromatic carbocycles. The van der Waals surface area contributed by atoms with Crippen LogP contribution < -0.4 is 10.7 Å². The predicted molar refractivity (Wildman–Crippen MR) is 82.3 cm³/mol. The lowest BCUT2D eigenvalue weighted by Gasteiger charge is -2.32. The smallest absolute Gasteiger partial charge is 0.337 e. The van der Waals surface area contributed by atoms with Gasteiger partial charge in [0.05, 0.1) is 11.3 Å². The molecule has 0 unspecified atom stereocenters. The second-order valence-corrected chi connectivity index (χ2v) is 5.77. The van der Waals surface area contributed by atoms with Gasteiger partial charge in [-0.3, -0.25) is 5.43 Å². The number of likely N-dealkylation sites (N-methyl/N-ethyl adjacent to an activating group) is 1. The summed E-state index contributed by atoms with van der Waals surface area (Å²) in [6, 6.07) is 4.24. The van der Waals surface area contributed by atoms with Crippen molar-refractivity contribution in [3.05, 3.63) is 28.2 Å². The fraction of sp³-hybridized carbons (Fsp3) is 0.385. The van der Waals surface area contributed by atoms with Crippen molar-refractivity contribution in [2.45, 2.75) is 0 Å². The molecule has 0 spiro atoms. The summed E-state index contributed by atoms with van der Waals surface area (Å²) in [5, 5.41) is 13.5. The minimum atomic E-state index is -1.09. The molecule has 1 aliphatic heterocycles. The van der Waals surface area contributed by atoms with E-state index < -0.39 is 12.0 Å². The predicted octanol–water partition coefficient (Wildman–Crippen LogP) is 1.43. The van der Waals surface area contributed by atoms with Crippen molar-refractivity contribution >= 4 is 33.6 Å².